The molecule has 2 nitrogen and oxygen atoms in total. The monoisotopic (exact) mass is 500 g/mol. The van der Waals surface area contributed by atoms with Crippen molar-refractivity contribution in [1.29, 1.82) is 5.26 Å². The van der Waals surface area contributed by atoms with E-state index in [0.717, 1.165) is 46.4 Å². The second-order valence-corrected chi connectivity index (χ2v) is 10.0. The van der Waals surface area contributed by atoms with Crippen LogP contribution in [0.25, 0.3) is 22.8 Å². The topological polar surface area (TPSA) is 36.1 Å². The van der Waals surface area contributed by atoms with Crippen molar-refractivity contribution in [2.75, 3.05) is 0 Å². The van der Waals surface area contributed by atoms with Gasteiger partial charge >= 0.3 is 0 Å². The van der Waals surface area contributed by atoms with Gasteiger partial charge in [0, 0.05) is 11.4 Å². The number of nitriles is 1. The molecule has 38 heavy (non-hydrogen) atoms. The lowest BCUT2D eigenvalue weighted by molar-refractivity contribution is 0.965. The minimum Gasteiger partial charge on any atom is -0.258 e. The first-order valence-electron chi connectivity index (χ1n) is 13.4. The average Bonchev–Trinajstić information content (AvgIpc) is 2.92. The number of nitrogens with zero attached hydrogens (tertiary/aromatic N) is 2. The molecule has 0 aromatic heterocycles. The Kier molecular flexibility index (Phi) is 9.43. The largest absolute Gasteiger partial charge is 0.258 e. The number of hydrogen-bond acceptors (Lipinski definition) is 2. The Morgan fingerprint density at radius 2 is 1.53 bits per heavy atom. The van der Waals surface area contributed by atoms with Gasteiger partial charge < -0.3 is 0 Å². The Balaban J connectivity index is 2.04. The molecule has 0 aliphatic rings. The summed E-state index contributed by atoms with van der Waals surface area (Å²) in [5, 5.41) is 9.78. The third-order valence-corrected chi connectivity index (χ3v) is 7.63. The van der Waals surface area contributed by atoms with Gasteiger partial charge in [-0.2, -0.15) is 5.26 Å². The second-order valence-electron chi connectivity index (χ2n) is 10.0. The molecular formula is C36H40N2. The van der Waals surface area contributed by atoms with E-state index in [-0.39, 0.29) is 0 Å². The summed E-state index contributed by atoms with van der Waals surface area (Å²) in [7, 11) is 0. The van der Waals surface area contributed by atoms with E-state index in [1.54, 1.807) is 6.08 Å². The number of hydrogen-bond donors (Lipinski definition) is 0. The van der Waals surface area contributed by atoms with Gasteiger partial charge in [0.25, 0.3) is 0 Å². The van der Waals surface area contributed by atoms with E-state index in [1.807, 2.05) is 6.07 Å². The quantitative estimate of drug-likeness (QED) is 0.269. The smallest absolute Gasteiger partial charge is 0.0994 e. The molecule has 0 bridgehead atoms. The van der Waals surface area contributed by atoms with E-state index in [1.165, 1.54) is 39.1 Å². The predicted molar refractivity (Wildman–Crippen MR) is 166 cm³/mol. The number of allylic oxidation sites excluding steroid dienone is 3. The Labute approximate surface area is 229 Å². The standard InChI is InChI=1S/C36H40N2/c1-10-23(4)36(12-3)38-28(9)32-16-14-18-34(27(32)8)33-17-13-15-31(26(33)7)25(6)20-35-24(5)19-29(11-2)21-30(35)22-37/h11,13-19,21H,2,6,10,12,20H2,1,3-5,7-9H3/b36-23+,38-28?. The summed E-state index contributed by atoms with van der Waals surface area (Å²) in [6, 6.07) is 19.3. The molecule has 0 radical (unpaired) electrons. The highest BCUT2D eigenvalue weighted by Crippen LogP contribution is 2.34. The molecule has 0 aliphatic heterocycles. The van der Waals surface area contributed by atoms with Gasteiger partial charge in [0.2, 0.25) is 0 Å². The molecule has 0 amide bonds. The molecule has 2 heteroatoms. The summed E-state index contributed by atoms with van der Waals surface area (Å²) in [6.45, 7) is 23.4. The van der Waals surface area contributed by atoms with Crippen molar-refractivity contribution in [3.63, 3.8) is 0 Å². The van der Waals surface area contributed by atoms with Crippen LogP contribution in [0.15, 0.2) is 78.0 Å². The number of benzene rings is 3. The highest BCUT2D eigenvalue weighted by molar-refractivity contribution is 6.02. The Hall–Kier alpha value is -3.96. The number of aryl methyl sites for hydroxylation is 1. The van der Waals surface area contributed by atoms with E-state index in [2.05, 4.69) is 110 Å². The van der Waals surface area contributed by atoms with Crippen LogP contribution in [0.4, 0.5) is 0 Å². The molecule has 3 aromatic carbocycles. The molecule has 0 unspecified atom stereocenters. The molecule has 0 saturated heterocycles. The minimum atomic E-state index is 0.629. The first-order chi connectivity index (χ1) is 18.2. The molecule has 194 valence electrons. The highest BCUT2D eigenvalue weighted by atomic mass is 14.8. The van der Waals surface area contributed by atoms with Crippen LogP contribution >= 0.6 is 0 Å². The molecular weight excluding hydrogens is 460 g/mol. The van der Waals surface area contributed by atoms with Crippen molar-refractivity contribution in [3.8, 4) is 17.2 Å². The Morgan fingerprint density at radius 1 is 0.921 bits per heavy atom. The zero-order chi connectivity index (χ0) is 28.0. The maximum absolute atomic E-state index is 9.78. The maximum Gasteiger partial charge on any atom is 0.0994 e. The van der Waals surface area contributed by atoms with Crippen LogP contribution in [0, 0.1) is 32.1 Å². The first-order valence-corrected chi connectivity index (χ1v) is 13.4. The third-order valence-electron chi connectivity index (χ3n) is 7.63. The maximum atomic E-state index is 9.78. The summed E-state index contributed by atoms with van der Waals surface area (Å²) in [5.41, 5.74) is 15.5. The van der Waals surface area contributed by atoms with Crippen molar-refractivity contribution >= 4 is 17.4 Å². The zero-order valence-corrected chi connectivity index (χ0v) is 24.1. The van der Waals surface area contributed by atoms with Crippen LogP contribution in [-0.4, -0.2) is 5.71 Å². The van der Waals surface area contributed by atoms with Crippen molar-refractivity contribution in [3.05, 3.63) is 117 Å². The molecule has 0 fully saturated rings. The van der Waals surface area contributed by atoms with E-state index in [9.17, 15) is 5.26 Å². The summed E-state index contributed by atoms with van der Waals surface area (Å²) in [6.07, 6.45) is 4.36. The molecule has 0 saturated carbocycles. The molecule has 3 aromatic rings. The van der Waals surface area contributed by atoms with E-state index in [0.29, 0.717) is 12.0 Å². The van der Waals surface area contributed by atoms with Crippen LogP contribution < -0.4 is 0 Å². The van der Waals surface area contributed by atoms with Crippen LogP contribution in [0.1, 0.15) is 85.0 Å². The van der Waals surface area contributed by atoms with Crippen molar-refractivity contribution < 1.29 is 0 Å². The fraction of sp³-hybridized carbons (Fsp3) is 0.278. The van der Waals surface area contributed by atoms with Gasteiger partial charge in [0.15, 0.2) is 0 Å². The van der Waals surface area contributed by atoms with Crippen LogP contribution in [0.5, 0.6) is 0 Å². The van der Waals surface area contributed by atoms with E-state index in [4.69, 9.17) is 4.99 Å². The van der Waals surface area contributed by atoms with Crippen molar-refractivity contribution in [2.45, 2.75) is 67.7 Å². The number of aliphatic imine (C=N–C) groups is 1. The molecule has 0 aliphatic carbocycles. The summed E-state index contributed by atoms with van der Waals surface area (Å²) < 4.78 is 0. The van der Waals surface area contributed by atoms with Gasteiger partial charge in [0.1, 0.15) is 0 Å². The molecule has 3 rings (SSSR count). The summed E-state index contributed by atoms with van der Waals surface area (Å²) in [5.74, 6) is 0. The second kappa shape index (κ2) is 12.5. The Morgan fingerprint density at radius 3 is 2.08 bits per heavy atom. The fourth-order valence-electron chi connectivity index (χ4n) is 5.18. The average molecular weight is 501 g/mol. The number of rotatable bonds is 9. The highest BCUT2D eigenvalue weighted by Gasteiger charge is 2.16. The van der Waals surface area contributed by atoms with E-state index >= 15 is 0 Å². The van der Waals surface area contributed by atoms with E-state index < -0.39 is 0 Å². The summed E-state index contributed by atoms with van der Waals surface area (Å²) >= 11 is 0. The molecule has 0 N–H and O–H groups in total. The van der Waals surface area contributed by atoms with Gasteiger partial charge in [-0.1, -0.05) is 81.1 Å². The van der Waals surface area contributed by atoms with Crippen molar-refractivity contribution in [1.82, 2.24) is 0 Å². The molecule has 0 heterocycles. The SMILES string of the molecule is C=Cc1cc(C)c(CC(=C)c2cccc(-c3cccc(C(C)=N/C(CC)=C(\C)CC)c3C)c2C)c(C#N)c1. The third kappa shape index (κ3) is 5.95. The van der Waals surface area contributed by atoms with Gasteiger partial charge in [-0.05, 0) is 116 Å². The lowest BCUT2D eigenvalue weighted by atomic mass is 9.86. The molecule has 0 atom stereocenters. The lowest BCUT2D eigenvalue weighted by Crippen LogP contribution is -2.03. The van der Waals surface area contributed by atoms with Gasteiger partial charge in [-0.15, -0.1) is 0 Å². The normalized spacial score (nSPS) is 12.1. The summed E-state index contributed by atoms with van der Waals surface area (Å²) in [4.78, 5) is 5.03. The lowest BCUT2D eigenvalue weighted by Gasteiger charge is -2.18. The Bertz CT molecular complexity index is 1490. The minimum absolute atomic E-state index is 0.629. The zero-order valence-electron chi connectivity index (χ0n) is 24.1. The van der Waals surface area contributed by atoms with Crippen LogP contribution in [0.3, 0.4) is 0 Å². The van der Waals surface area contributed by atoms with Gasteiger partial charge in [-0.3, -0.25) is 4.99 Å². The van der Waals surface area contributed by atoms with Gasteiger partial charge in [0.05, 0.1) is 11.6 Å². The van der Waals surface area contributed by atoms with Crippen LogP contribution in [-0.2, 0) is 6.42 Å². The first kappa shape index (κ1) is 28.6. The molecule has 0 spiro atoms. The predicted octanol–water partition coefficient (Wildman–Crippen LogP) is 9.95. The van der Waals surface area contributed by atoms with Crippen molar-refractivity contribution in [2.24, 2.45) is 4.99 Å². The van der Waals surface area contributed by atoms with Gasteiger partial charge in [-0.25, -0.2) is 0 Å². The van der Waals surface area contributed by atoms with Crippen LogP contribution in [0.2, 0.25) is 0 Å². The fourth-order valence-corrected chi connectivity index (χ4v) is 5.18.